The molecule has 0 unspecified atom stereocenters. The summed E-state index contributed by atoms with van der Waals surface area (Å²) in [5.41, 5.74) is 9.90. The molecule has 0 atom stereocenters. The minimum atomic E-state index is -0.338. The fraction of sp³-hybridized carbons (Fsp3) is 0.222. The molecule has 0 spiro atoms. The molecule has 5 nitrogen and oxygen atoms in total. The topological polar surface area (TPSA) is 76.7 Å². The van der Waals surface area contributed by atoms with Gasteiger partial charge in [-0.15, -0.1) is 0 Å². The second kappa shape index (κ2) is 8.58. The van der Waals surface area contributed by atoms with Gasteiger partial charge in [-0.1, -0.05) is 37.6 Å². The zero-order valence-corrected chi connectivity index (χ0v) is 13.2. The standard InChI is InChI=1S/C18H21N3O2/c1-2-3-11-23-15-8-6-7-14(12-15)13-20-21-18(22)16-9-4-5-10-17(16)19/h4-10,12-13H,2-3,11,19H2,1H3,(H,21,22)/b20-13+. The number of nitrogen functional groups attached to an aromatic ring is 1. The molecule has 2 aromatic rings. The highest BCUT2D eigenvalue weighted by Gasteiger charge is 2.06. The number of ether oxygens (including phenoxy) is 1. The molecule has 0 radical (unpaired) electrons. The lowest BCUT2D eigenvalue weighted by Crippen LogP contribution is -2.18. The highest BCUT2D eigenvalue weighted by molar-refractivity contribution is 5.99. The highest BCUT2D eigenvalue weighted by atomic mass is 16.5. The van der Waals surface area contributed by atoms with Crippen LogP contribution in [0.2, 0.25) is 0 Å². The van der Waals surface area contributed by atoms with Crippen LogP contribution in [0.15, 0.2) is 53.6 Å². The Bertz CT molecular complexity index is 683. The lowest BCUT2D eigenvalue weighted by molar-refractivity contribution is 0.0956. The Morgan fingerprint density at radius 2 is 2.09 bits per heavy atom. The third-order valence-electron chi connectivity index (χ3n) is 3.21. The summed E-state index contributed by atoms with van der Waals surface area (Å²) in [5.74, 6) is 0.454. The molecule has 120 valence electrons. The van der Waals surface area contributed by atoms with Gasteiger partial charge in [0.25, 0.3) is 5.91 Å². The first kappa shape index (κ1) is 16.5. The van der Waals surface area contributed by atoms with Crippen molar-refractivity contribution in [2.45, 2.75) is 19.8 Å². The Balaban J connectivity index is 1.94. The summed E-state index contributed by atoms with van der Waals surface area (Å²) in [4.78, 5) is 12.0. The summed E-state index contributed by atoms with van der Waals surface area (Å²) < 4.78 is 5.63. The molecule has 0 bridgehead atoms. The van der Waals surface area contributed by atoms with E-state index in [-0.39, 0.29) is 5.91 Å². The van der Waals surface area contributed by atoms with Gasteiger partial charge in [-0.3, -0.25) is 4.79 Å². The molecule has 2 rings (SSSR count). The number of hydrogen-bond acceptors (Lipinski definition) is 4. The predicted octanol–water partition coefficient (Wildman–Crippen LogP) is 3.21. The van der Waals surface area contributed by atoms with Crippen molar-refractivity contribution in [3.63, 3.8) is 0 Å². The number of benzene rings is 2. The molecule has 0 aliphatic heterocycles. The number of hydrogen-bond donors (Lipinski definition) is 2. The van der Waals surface area contributed by atoms with Crippen molar-refractivity contribution in [2.24, 2.45) is 5.10 Å². The number of carbonyl (C=O) groups excluding carboxylic acids is 1. The SMILES string of the molecule is CCCCOc1cccc(/C=N/NC(=O)c2ccccc2N)c1. The van der Waals surface area contributed by atoms with E-state index in [1.807, 2.05) is 24.3 Å². The molecule has 1 amide bonds. The van der Waals surface area contributed by atoms with Gasteiger partial charge in [0.1, 0.15) is 5.75 Å². The number of unbranched alkanes of at least 4 members (excludes halogenated alkanes) is 1. The van der Waals surface area contributed by atoms with Gasteiger partial charge in [-0.25, -0.2) is 5.43 Å². The van der Waals surface area contributed by atoms with Crippen molar-refractivity contribution in [3.05, 3.63) is 59.7 Å². The van der Waals surface area contributed by atoms with Gasteiger partial charge in [-0.05, 0) is 36.2 Å². The molecule has 0 aromatic heterocycles. The molecule has 0 heterocycles. The third-order valence-corrected chi connectivity index (χ3v) is 3.21. The monoisotopic (exact) mass is 311 g/mol. The van der Waals surface area contributed by atoms with Crippen LogP contribution < -0.4 is 15.9 Å². The maximum absolute atomic E-state index is 12.0. The second-order valence-electron chi connectivity index (χ2n) is 5.06. The minimum absolute atomic E-state index is 0.338. The largest absolute Gasteiger partial charge is 0.494 e. The molecule has 0 aliphatic carbocycles. The summed E-state index contributed by atoms with van der Waals surface area (Å²) in [5, 5.41) is 3.96. The zero-order valence-electron chi connectivity index (χ0n) is 13.2. The highest BCUT2D eigenvalue weighted by Crippen LogP contribution is 2.13. The van der Waals surface area contributed by atoms with E-state index >= 15 is 0 Å². The fourth-order valence-corrected chi connectivity index (χ4v) is 1.95. The normalized spacial score (nSPS) is 10.7. The zero-order chi connectivity index (χ0) is 16.5. The average molecular weight is 311 g/mol. The number of nitrogens with one attached hydrogen (secondary N) is 1. The van der Waals surface area contributed by atoms with Crippen molar-refractivity contribution in [1.82, 2.24) is 5.43 Å². The lowest BCUT2D eigenvalue weighted by atomic mass is 10.2. The summed E-state index contributed by atoms with van der Waals surface area (Å²) >= 11 is 0. The first-order valence-corrected chi connectivity index (χ1v) is 7.61. The van der Waals surface area contributed by atoms with E-state index in [1.165, 1.54) is 0 Å². The quantitative estimate of drug-likeness (QED) is 0.357. The smallest absolute Gasteiger partial charge is 0.273 e. The fourth-order valence-electron chi connectivity index (χ4n) is 1.95. The van der Waals surface area contributed by atoms with E-state index in [2.05, 4.69) is 17.5 Å². The van der Waals surface area contributed by atoms with Crippen LogP contribution in [0.1, 0.15) is 35.7 Å². The Hall–Kier alpha value is -2.82. The average Bonchev–Trinajstić information content (AvgIpc) is 2.56. The van der Waals surface area contributed by atoms with Crippen molar-refractivity contribution in [1.29, 1.82) is 0 Å². The first-order valence-electron chi connectivity index (χ1n) is 7.61. The number of carbonyl (C=O) groups is 1. The van der Waals surface area contributed by atoms with Crippen molar-refractivity contribution >= 4 is 17.8 Å². The Kier molecular flexibility index (Phi) is 6.17. The first-order chi connectivity index (χ1) is 11.2. The van der Waals surface area contributed by atoms with Crippen LogP contribution in [0.5, 0.6) is 5.75 Å². The summed E-state index contributed by atoms with van der Waals surface area (Å²) in [6.45, 7) is 2.82. The van der Waals surface area contributed by atoms with Crippen LogP contribution in [-0.2, 0) is 0 Å². The molecule has 0 fully saturated rings. The maximum atomic E-state index is 12.0. The van der Waals surface area contributed by atoms with Crippen LogP contribution in [-0.4, -0.2) is 18.7 Å². The predicted molar refractivity (Wildman–Crippen MR) is 92.8 cm³/mol. The van der Waals surface area contributed by atoms with Crippen molar-refractivity contribution in [3.8, 4) is 5.75 Å². The van der Waals surface area contributed by atoms with E-state index in [0.717, 1.165) is 24.2 Å². The number of amides is 1. The second-order valence-corrected chi connectivity index (χ2v) is 5.06. The molecule has 0 saturated heterocycles. The van der Waals surface area contributed by atoms with E-state index in [0.29, 0.717) is 17.9 Å². The maximum Gasteiger partial charge on any atom is 0.273 e. The number of nitrogens with zero attached hydrogens (tertiary/aromatic N) is 1. The van der Waals surface area contributed by atoms with Crippen LogP contribution in [0.4, 0.5) is 5.69 Å². The summed E-state index contributed by atoms with van der Waals surface area (Å²) in [7, 11) is 0. The Morgan fingerprint density at radius 1 is 1.26 bits per heavy atom. The van der Waals surface area contributed by atoms with Crippen LogP contribution in [0, 0.1) is 0 Å². The number of para-hydroxylation sites is 1. The summed E-state index contributed by atoms with van der Waals surface area (Å²) in [6, 6.07) is 14.4. The molecular weight excluding hydrogens is 290 g/mol. The van der Waals surface area contributed by atoms with Gasteiger partial charge >= 0.3 is 0 Å². The van der Waals surface area contributed by atoms with Crippen molar-refractivity contribution in [2.75, 3.05) is 12.3 Å². The van der Waals surface area contributed by atoms with E-state index in [9.17, 15) is 4.79 Å². The molecule has 23 heavy (non-hydrogen) atoms. The molecule has 0 aliphatic rings. The molecule has 0 saturated carbocycles. The van der Waals surface area contributed by atoms with E-state index in [1.54, 1.807) is 30.5 Å². The van der Waals surface area contributed by atoms with Crippen molar-refractivity contribution < 1.29 is 9.53 Å². The van der Waals surface area contributed by atoms with Crippen LogP contribution in [0.25, 0.3) is 0 Å². The van der Waals surface area contributed by atoms with Gasteiger partial charge in [0.15, 0.2) is 0 Å². The number of rotatable bonds is 7. The van der Waals surface area contributed by atoms with E-state index < -0.39 is 0 Å². The Labute approximate surface area is 136 Å². The number of nitrogens with two attached hydrogens (primary N) is 1. The molecule has 5 heteroatoms. The Morgan fingerprint density at radius 3 is 2.87 bits per heavy atom. The third kappa shape index (κ3) is 5.14. The van der Waals surface area contributed by atoms with Gasteiger partial charge in [-0.2, -0.15) is 5.10 Å². The number of anilines is 1. The van der Waals surface area contributed by atoms with Gasteiger partial charge < -0.3 is 10.5 Å². The lowest BCUT2D eigenvalue weighted by Gasteiger charge is -2.05. The number of hydrazone groups is 1. The molecule has 3 N–H and O–H groups in total. The minimum Gasteiger partial charge on any atom is -0.494 e. The van der Waals surface area contributed by atoms with Gasteiger partial charge in [0.05, 0.1) is 18.4 Å². The van der Waals surface area contributed by atoms with E-state index in [4.69, 9.17) is 10.5 Å². The van der Waals surface area contributed by atoms with Gasteiger partial charge in [0, 0.05) is 5.69 Å². The molecular formula is C18H21N3O2. The summed E-state index contributed by atoms with van der Waals surface area (Å²) in [6.07, 6.45) is 3.69. The van der Waals surface area contributed by atoms with Gasteiger partial charge in [0.2, 0.25) is 0 Å². The van der Waals surface area contributed by atoms with Crippen LogP contribution in [0.3, 0.4) is 0 Å². The van der Waals surface area contributed by atoms with Crippen LogP contribution >= 0.6 is 0 Å². The molecule has 2 aromatic carbocycles.